The van der Waals surface area contributed by atoms with Gasteiger partial charge in [-0.2, -0.15) is 0 Å². The molecular weight excluding hydrogens is 923 g/mol. The monoisotopic (exact) mass is 961 g/mol. The Morgan fingerprint density at radius 2 is 0.703 bits per heavy atom. The lowest BCUT2D eigenvalue weighted by molar-refractivity contribution is 1.15. The summed E-state index contributed by atoms with van der Waals surface area (Å²) in [6.45, 7) is 0. The van der Waals surface area contributed by atoms with E-state index in [0.717, 1.165) is 126 Å². The van der Waals surface area contributed by atoms with Crippen molar-refractivity contribution in [2.24, 2.45) is 0 Å². The molecule has 74 heavy (non-hydrogen) atoms. The van der Waals surface area contributed by atoms with Gasteiger partial charge in [0.1, 0.15) is 0 Å². The van der Waals surface area contributed by atoms with Gasteiger partial charge in [-0.3, -0.25) is 9.59 Å². The molecule has 0 spiro atoms. The van der Waals surface area contributed by atoms with Crippen LogP contribution in [0.2, 0.25) is 0 Å². The largest absolute Gasteiger partial charge is 0.309 e. The average molecular weight is 962 g/mol. The summed E-state index contributed by atoms with van der Waals surface area (Å²) in [5.74, 6) is 0. The molecule has 0 N–H and O–H groups in total. The third-order valence-corrected chi connectivity index (χ3v) is 16.7. The van der Waals surface area contributed by atoms with Gasteiger partial charge in [-0.05, 0) is 112 Å². The SMILES string of the molecule is O=c1c2ccc3c(=O)c4c(-n5c6ccccc6c6ccccc65)cc(-n5c6ccccc6c6ccccc65)cc4c3c2c2cccc(N3c4cc(-c5ccccc5)ccc4Sc4ccc(-c5ccccc5)cc43)c12. The fraction of sp³-hybridized carbons (Fsp3) is 0. The summed E-state index contributed by atoms with van der Waals surface area (Å²) < 4.78 is 4.61. The van der Waals surface area contributed by atoms with E-state index in [9.17, 15) is 0 Å². The second-order valence-corrected chi connectivity index (χ2v) is 20.5. The first-order valence-corrected chi connectivity index (χ1v) is 25.8. The Bertz CT molecular complexity index is 4790. The van der Waals surface area contributed by atoms with Crippen LogP contribution in [0.1, 0.15) is 0 Å². The van der Waals surface area contributed by atoms with Crippen LogP contribution in [0.4, 0.5) is 17.1 Å². The van der Waals surface area contributed by atoms with Crippen molar-refractivity contribution in [1.29, 1.82) is 0 Å². The fourth-order valence-corrected chi connectivity index (χ4v) is 13.4. The Hall–Kier alpha value is -9.49. The smallest absolute Gasteiger partial charge is 0.196 e. The highest BCUT2D eigenvalue weighted by Crippen LogP contribution is 2.55. The quantitative estimate of drug-likeness (QED) is 0.172. The summed E-state index contributed by atoms with van der Waals surface area (Å²) in [5, 5.41) is 10.2. The molecular formula is C68H39N3O2S. The first-order valence-electron chi connectivity index (χ1n) is 25.0. The Labute approximate surface area is 427 Å². The van der Waals surface area contributed by atoms with Crippen molar-refractivity contribution in [2.75, 3.05) is 4.90 Å². The van der Waals surface area contributed by atoms with Crippen LogP contribution in [0.25, 0.3) is 120 Å². The van der Waals surface area contributed by atoms with E-state index in [4.69, 9.17) is 0 Å². The van der Waals surface area contributed by atoms with Gasteiger partial charge in [0.2, 0.25) is 0 Å². The van der Waals surface area contributed by atoms with Crippen LogP contribution >= 0.6 is 11.8 Å². The molecule has 344 valence electrons. The average Bonchev–Trinajstić information content (AvgIpc) is 4.18. The van der Waals surface area contributed by atoms with Crippen molar-refractivity contribution in [2.45, 2.75) is 9.79 Å². The molecule has 13 aromatic carbocycles. The number of nitrogens with zero attached hydrogens (tertiary/aromatic N) is 3. The molecule has 0 aliphatic carbocycles. The van der Waals surface area contributed by atoms with Crippen molar-refractivity contribution in [3.63, 3.8) is 0 Å². The molecule has 1 aliphatic rings. The summed E-state index contributed by atoms with van der Waals surface area (Å²) in [6.07, 6.45) is 0. The molecule has 0 saturated carbocycles. The maximum atomic E-state index is 15.7. The highest BCUT2D eigenvalue weighted by Gasteiger charge is 2.31. The molecule has 6 heteroatoms. The zero-order valence-electron chi connectivity index (χ0n) is 39.6. The number of hydrogen-bond donors (Lipinski definition) is 0. The van der Waals surface area contributed by atoms with E-state index in [1.165, 1.54) is 0 Å². The molecule has 0 saturated heterocycles. The zero-order valence-corrected chi connectivity index (χ0v) is 40.4. The molecule has 0 unspecified atom stereocenters. The van der Waals surface area contributed by atoms with E-state index in [-0.39, 0.29) is 10.9 Å². The molecule has 16 rings (SSSR count). The maximum Gasteiger partial charge on any atom is 0.196 e. The van der Waals surface area contributed by atoms with Crippen molar-refractivity contribution >= 4 is 116 Å². The van der Waals surface area contributed by atoms with Crippen LogP contribution in [0, 0.1) is 0 Å². The van der Waals surface area contributed by atoms with Crippen LogP contribution in [0.3, 0.4) is 0 Å². The molecule has 5 nitrogen and oxygen atoms in total. The standard InChI is InChI=1S/C68H39N3O2S/c72-67-50-32-33-51-64(63(50)49-24-15-29-57(65(49)67)71-58-36-42(40-16-3-1-4-17-40)30-34-61(58)74-62-35-31-43(37-59(62)71)41-18-5-2-6-19-41)52-38-44(69-53-25-11-7-20-45(53)46-21-8-12-26-54(46)69)39-60(66(52)68(51)73)70-55-27-13-9-22-47(55)48-23-10-14-28-56(48)70/h1-39H. The summed E-state index contributed by atoms with van der Waals surface area (Å²) in [5.41, 5.74) is 13.0. The van der Waals surface area contributed by atoms with E-state index in [2.05, 4.69) is 226 Å². The minimum Gasteiger partial charge on any atom is -0.309 e. The Balaban J connectivity index is 1.03. The zero-order chi connectivity index (χ0) is 48.8. The van der Waals surface area contributed by atoms with Crippen molar-refractivity contribution < 1.29 is 0 Å². The van der Waals surface area contributed by atoms with Crippen LogP contribution < -0.4 is 15.8 Å². The summed E-state index contributed by atoms with van der Waals surface area (Å²) in [6, 6.07) is 82.7. The normalized spacial score (nSPS) is 12.6. The van der Waals surface area contributed by atoms with Gasteiger partial charge >= 0.3 is 0 Å². The van der Waals surface area contributed by atoms with Gasteiger partial charge in [-0.15, -0.1) is 0 Å². The predicted molar refractivity (Wildman–Crippen MR) is 310 cm³/mol. The first-order chi connectivity index (χ1) is 36.6. The van der Waals surface area contributed by atoms with Gasteiger partial charge in [0, 0.05) is 58.6 Å². The summed E-state index contributed by atoms with van der Waals surface area (Å²) in [7, 11) is 0. The molecule has 15 aromatic rings. The molecule has 0 bridgehead atoms. The summed E-state index contributed by atoms with van der Waals surface area (Å²) in [4.78, 5) is 35.9. The lowest BCUT2D eigenvalue weighted by Crippen LogP contribution is -2.16. The van der Waals surface area contributed by atoms with E-state index < -0.39 is 0 Å². The van der Waals surface area contributed by atoms with Gasteiger partial charge in [-0.1, -0.05) is 169 Å². The van der Waals surface area contributed by atoms with Gasteiger partial charge in [-0.25, -0.2) is 0 Å². The number of hydrogen-bond acceptors (Lipinski definition) is 4. The predicted octanol–water partition coefficient (Wildman–Crippen LogP) is 17.4. The fourth-order valence-electron chi connectivity index (χ4n) is 12.4. The Morgan fingerprint density at radius 3 is 1.22 bits per heavy atom. The third-order valence-electron chi connectivity index (χ3n) is 15.6. The summed E-state index contributed by atoms with van der Waals surface area (Å²) >= 11 is 1.75. The van der Waals surface area contributed by atoms with Crippen LogP contribution in [0.5, 0.6) is 0 Å². The topological polar surface area (TPSA) is 47.2 Å². The molecule has 0 fully saturated rings. The van der Waals surface area contributed by atoms with Gasteiger partial charge in [0.25, 0.3) is 0 Å². The molecule has 0 atom stereocenters. The van der Waals surface area contributed by atoms with Crippen molar-refractivity contribution in [1.82, 2.24) is 9.13 Å². The van der Waals surface area contributed by atoms with E-state index >= 15 is 9.59 Å². The van der Waals surface area contributed by atoms with E-state index in [1.54, 1.807) is 11.8 Å². The van der Waals surface area contributed by atoms with E-state index in [1.807, 2.05) is 24.3 Å². The number of fused-ring (bicyclic) bond motifs is 15. The molecule has 1 aliphatic heterocycles. The van der Waals surface area contributed by atoms with Crippen LogP contribution in [-0.2, 0) is 0 Å². The Kier molecular flexibility index (Phi) is 8.62. The molecule has 2 aromatic heterocycles. The van der Waals surface area contributed by atoms with Gasteiger partial charge in [0.15, 0.2) is 10.9 Å². The highest BCUT2D eigenvalue weighted by atomic mass is 32.2. The first kappa shape index (κ1) is 41.2. The molecule has 3 heterocycles. The number of para-hydroxylation sites is 4. The second kappa shape index (κ2) is 15.5. The third kappa shape index (κ3) is 5.71. The van der Waals surface area contributed by atoms with Crippen molar-refractivity contribution in [3.8, 4) is 33.6 Å². The highest BCUT2D eigenvalue weighted by molar-refractivity contribution is 7.99. The molecule has 0 amide bonds. The molecule has 0 radical (unpaired) electrons. The van der Waals surface area contributed by atoms with E-state index in [0.29, 0.717) is 21.5 Å². The van der Waals surface area contributed by atoms with Crippen molar-refractivity contribution in [3.05, 3.63) is 257 Å². The lowest BCUT2D eigenvalue weighted by atomic mass is 10.0. The van der Waals surface area contributed by atoms with Gasteiger partial charge in [0.05, 0.1) is 55.6 Å². The van der Waals surface area contributed by atoms with Gasteiger partial charge < -0.3 is 14.0 Å². The lowest BCUT2D eigenvalue weighted by Gasteiger charge is -2.34. The second-order valence-electron chi connectivity index (χ2n) is 19.4. The number of aromatic nitrogens is 2. The number of rotatable bonds is 5. The number of benzene rings is 11. The minimum atomic E-state index is -0.0600. The van der Waals surface area contributed by atoms with Crippen LogP contribution in [0.15, 0.2) is 256 Å². The number of anilines is 3. The Morgan fingerprint density at radius 1 is 0.270 bits per heavy atom. The van der Waals surface area contributed by atoms with Crippen LogP contribution in [-0.4, -0.2) is 9.13 Å². The maximum absolute atomic E-state index is 15.7. The minimum absolute atomic E-state index is 0.0571.